The molecule has 2 aromatic rings. The van der Waals surface area contributed by atoms with E-state index < -0.39 is 12.2 Å². The summed E-state index contributed by atoms with van der Waals surface area (Å²) in [4.78, 5) is 15.8. The third-order valence-corrected chi connectivity index (χ3v) is 2.96. The van der Waals surface area contributed by atoms with Crippen LogP contribution in [-0.2, 0) is 0 Å². The third kappa shape index (κ3) is 2.73. The normalized spacial score (nSPS) is 14.8. The van der Waals surface area contributed by atoms with E-state index in [4.69, 9.17) is 11.6 Å². The zero-order valence-electron chi connectivity index (χ0n) is 10.3. The molecule has 3 rings (SSSR count). The molecule has 1 N–H and O–H groups in total. The smallest absolute Gasteiger partial charge is 0.395 e. The lowest BCUT2D eigenvalue weighted by Crippen LogP contribution is -2.25. The number of carbonyl (C=O) groups is 1. The number of fused-ring (bicyclic) bond motifs is 1. The molecule has 0 atom stereocenters. The highest BCUT2D eigenvalue weighted by Crippen LogP contribution is 2.42. The van der Waals surface area contributed by atoms with Gasteiger partial charge in [0.2, 0.25) is 0 Å². The fourth-order valence-corrected chi connectivity index (χ4v) is 1.99. The molecule has 0 radical (unpaired) electrons. The maximum atomic E-state index is 12.9. The predicted octanol–water partition coefficient (Wildman–Crippen LogP) is 3.31. The van der Waals surface area contributed by atoms with Crippen molar-refractivity contribution in [2.45, 2.75) is 6.29 Å². The van der Waals surface area contributed by atoms with Gasteiger partial charge >= 0.3 is 6.29 Å². The minimum absolute atomic E-state index is 0.0438. The molecule has 1 aliphatic rings. The number of amides is 1. The minimum atomic E-state index is -3.70. The van der Waals surface area contributed by atoms with E-state index in [1.165, 1.54) is 30.5 Å². The summed E-state index contributed by atoms with van der Waals surface area (Å²) in [6, 6.07) is 6.97. The summed E-state index contributed by atoms with van der Waals surface area (Å²) in [6.45, 7) is 0. The Morgan fingerprint density at radius 1 is 1.24 bits per heavy atom. The maximum absolute atomic E-state index is 12.9. The number of hydrogen-bond donors (Lipinski definition) is 1. The van der Waals surface area contributed by atoms with E-state index in [0.717, 1.165) is 0 Å². The topological polar surface area (TPSA) is 60.5 Å². The van der Waals surface area contributed by atoms with Crippen LogP contribution in [0.25, 0.3) is 0 Å². The van der Waals surface area contributed by atoms with Gasteiger partial charge in [0.15, 0.2) is 11.5 Å². The fourth-order valence-electron chi connectivity index (χ4n) is 1.78. The molecule has 0 saturated heterocycles. The van der Waals surface area contributed by atoms with Gasteiger partial charge in [-0.1, -0.05) is 11.6 Å². The van der Waals surface area contributed by atoms with E-state index in [0.29, 0.717) is 0 Å². The summed E-state index contributed by atoms with van der Waals surface area (Å²) in [5.74, 6) is -0.772. The first-order valence-corrected chi connectivity index (χ1v) is 6.14. The number of ether oxygens (including phenoxy) is 2. The Balaban J connectivity index is 1.81. The average molecular weight is 313 g/mol. The Labute approximate surface area is 122 Å². The standard InChI is InChI=1S/C13H7ClF2N2O3/c14-11-8(2-1-5-17-11)12(19)18-7-3-4-9-10(6-7)21-13(15,16)20-9/h1-6H,(H,18,19). The van der Waals surface area contributed by atoms with Gasteiger partial charge in [0, 0.05) is 18.0 Å². The van der Waals surface area contributed by atoms with Gasteiger partial charge in [-0.3, -0.25) is 4.79 Å². The van der Waals surface area contributed by atoms with Crippen molar-refractivity contribution in [2.75, 3.05) is 5.32 Å². The molecule has 108 valence electrons. The van der Waals surface area contributed by atoms with Crippen LogP contribution >= 0.6 is 11.6 Å². The number of rotatable bonds is 2. The number of halogens is 3. The van der Waals surface area contributed by atoms with Gasteiger partial charge in [-0.15, -0.1) is 8.78 Å². The van der Waals surface area contributed by atoms with Crippen molar-refractivity contribution in [3.63, 3.8) is 0 Å². The molecule has 1 aromatic heterocycles. The van der Waals surface area contributed by atoms with Crippen LogP contribution in [0.2, 0.25) is 5.15 Å². The van der Waals surface area contributed by atoms with Gasteiger partial charge in [0.25, 0.3) is 5.91 Å². The minimum Gasteiger partial charge on any atom is -0.395 e. The maximum Gasteiger partial charge on any atom is 0.586 e. The summed E-state index contributed by atoms with van der Waals surface area (Å²) in [5.41, 5.74) is 0.433. The van der Waals surface area contributed by atoms with E-state index in [9.17, 15) is 13.6 Å². The number of aromatic nitrogens is 1. The first-order chi connectivity index (χ1) is 9.94. The number of anilines is 1. The number of nitrogens with one attached hydrogen (secondary N) is 1. The molecule has 8 heteroatoms. The summed E-state index contributed by atoms with van der Waals surface area (Å²) in [7, 11) is 0. The molecule has 0 aliphatic carbocycles. The first kappa shape index (κ1) is 13.6. The third-order valence-electron chi connectivity index (χ3n) is 2.66. The van der Waals surface area contributed by atoms with Crippen LogP contribution in [0, 0.1) is 0 Å². The van der Waals surface area contributed by atoms with Crippen LogP contribution in [0.1, 0.15) is 10.4 Å². The Morgan fingerprint density at radius 2 is 2.00 bits per heavy atom. The lowest BCUT2D eigenvalue weighted by molar-refractivity contribution is -0.286. The van der Waals surface area contributed by atoms with Crippen LogP contribution in [-0.4, -0.2) is 17.2 Å². The summed E-state index contributed by atoms with van der Waals surface area (Å²) >= 11 is 5.80. The highest BCUT2D eigenvalue weighted by Gasteiger charge is 2.43. The van der Waals surface area contributed by atoms with E-state index in [1.54, 1.807) is 6.07 Å². The molecule has 21 heavy (non-hydrogen) atoms. The number of carbonyl (C=O) groups excluding carboxylic acids is 1. The van der Waals surface area contributed by atoms with Crippen molar-refractivity contribution in [3.05, 3.63) is 47.2 Å². The molecule has 1 amide bonds. The summed E-state index contributed by atoms with van der Waals surface area (Å²) in [5, 5.41) is 2.56. The van der Waals surface area contributed by atoms with Gasteiger partial charge in [0.05, 0.1) is 5.56 Å². The van der Waals surface area contributed by atoms with Crippen LogP contribution in [0.15, 0.2) is 36.5 Å². The number of pyridine rings is 1. The molecule has 0 unspecified atom stereocenters. The average Bonchev–Trinajstić information content (AvgIpc) is 2.72. The van der Waals surface area contributed by atoms with Gasteiger partial charge in [0.1, 0.15) is 5.15 Å². The predicted molar refractivity (Wildman–Crippen MR) is 69.8 cm³/mol. The number of nitrogens with zero attached hydrogens (tertiary/aromatic N) is 1. The molecule has 2 heterocycles. The number of hydrogen-bond acceptors (Lipinski definition) is 4. The van der Waals surface area contributed by atoms with Crippen LogP contribution in [0.3, 0.4) is 0 Å². The van der Waals surface area contributed by atoms with E-state index >= 15 is 0 Å². The van der Waals surface area contributed by atoms with Crippen molar-refractivity contribution in [1.82, 2.24) is 4.98 Å². The van der Waals surface area contributed by atoms with Crippen molar-refractivity contribution >= 4 is 23.2 Å². The quantitative estimate of drug-likeness (QED) is 0.864. The second kappa shape index (κ2) is 4.85. The van der Waals surface area contributed by atoms with Gasteiger partial charge < -0.3 is 14.8 Å². The fraction of sp³-hybridized carbons (Fsp3) is 0.0769. The van der Waals surface area contributed by atoms with Crippen molar-refractivity contribution in [3.8, 4) is 11.5 Å². The number of benzene rings is 1. The van der Waals surface area contributed by atoms with E-state index in [2.05, 4.69) is 19.8 Å². The highest BCUT2D eigenvalue weighted by molar-refractivity contribution is 6.33. The zero-order chi connectivity index (χ0) is 15.0. The molecule has 0 saturated carbocycles. The SMILES string of the molecule is O=C(Nc1ccc2c(c1)OC(F)(F)O2)c1cccnc1Cl. The molecule has 1 aliphatic heterocycles. The second-order valence-corrected chi connectivity index (χ2v) is 4.48. The van der Waals surface area contributed by atoms with Gasteiger partial charge in [-0.05, 0) is 24.3 Å². The Hall–Kier alpha value is -2.41. The van der Waals surface area contributed by atoms with E-state index in [-0.39, 0.29) is 27.9 Å². The van der Waals surface area contributed by atoms with Crippen molar-refractivity contribution in [2.24, 2.45) is 0 Å². The van der Waals surface area contributed by atoms with Crippen molar-refractivity contribution in [1.29, 1.82) is 0 Å². The van der Waals surface area contributed by atoms with Gasteiger partial charge in [-0.2, -0.15) is 0 Å². The molecule has 1 aromatic carbocycles. The lowest BCUT2D eigenvalue weighted by Gasteiger charge is -2.06. The first-order valence-electron chi connectivity index (χ1n) is 5.76. The van der Waals surface area contributed by atoms with Crippen LogP contribution in [0.5, 0.6) is 11.5 Å². The molecule has 5 nitrogen and oxygen atoms in total. The molecule has 0 spiro atoms. The van der Waals surface area contributed by atoms with Crippen molar-refractivity contribution < 1.29 is 23.0 Å². The highest BCUT2D eigenvalue weighted by atomic mass is 35.5. The Morgan fingerprint density at radius 3 is 2.76 bits per heavy atom. The molecule has 0 bridgehead atoms. The lowest BCUT2D eigenvalue weighted by atomic mass is 10.2. The number of alkyl halides is 2. The summed E-state index contributed by atoms with van der Waals surface area (Å²) < 4.78 is 34.3. The van der Waals surface area contributed by atoms with Gasteiger partial charge in [-0.25, -0.2) is 4.98 Å². The Kier molecular flexibility index (Phi) is 3.13. The molecule has 0 fully saturated rings. The molecular weight excluding hydrogens is 306 g/mol. The van der Waals surface area contributed by atoms with Crippen LogP contribution in [0.4, 0.5) is 14.5 Å². The molecular formula is C13H7ClF2N2O3. The largest absolute Gasteiger partial charge is 0.586 e. The Bertz CT molecular complexity index is 724. The second-order valence-electron chi connectivity index (χ2n) is 4.12. The van der Waals surface area contributed by atoms with Crippen LogP contribution < -0.4 is 14.8 Å². The summed E-state index contributed by atoms with van der Waals surface area (Å²) in [6.07, 6.45) is -2.25. The monoisotopic (exact) mass is 312 g/mol. The zero-order valence-corrected chi connectivity index (χ0v) is 11.0. The van der Waals surface area contributed by atoms with E-state index in [1.807, 2.05) is 0 Å².